The molecule has 0 unspecified atom stereocenters. The maximum Gasteiger partial charge on any atom is 0.351 e. The number of rotatable bonds is 10. The maximum atomic E-state index is 13.4. The molecule has 0 saturated carbocycles. The molecule has 8 nitrogen and oxygen atoms in total. The van der Waals surface area contributed by atoms with Crippen molar-refractivity contribution in [3.8, 4) is 16.1 Å². The molecule has 0 aliphatic rings. The van der Waals surface area contributed by atoms with Crippen LogP contribution in [0.2, 0.25) is 5.02 Å². The third kappa shape index (κ3) is 6.19. The summed E-state index contributed by atoms with van der Waals surface area (Å²) in [6, 6.07) is 24.1. The number of carbonyl (C=O) groups excluding carboxylic acids is 1. The summed E-state index contributed by atoms with van der Waals surface area (Å²) in [5, 5.41) is 6.71. The molecule has 1 amide bonds. The molecule has 5 rings (SSSR count). The zero-order chi connectivity index (χ0) is 29.0. The second-order valence-electron chi connectivity index (χ2n) is 9.36. The van der Waals surface area contributed by atoms with Gasteiger partial charge in [0.2, 0.25) is 0 Å². The van der Waals surface area contributed by atoms with Crippen LogP contribution in [0.25, 0.3) is 16.1 Å². The van der Waals surface area contributed by atoms with Gasteiger partial charge in [-0.05, 0) is 53.3 Å². The average Bonchev–Trinajstić information content (AvgIpc) is 3.59. The molecule has 0 spiro atoms. The summed E-state index contributed by atoms with van der Waals surface area (Å²) in [7, 11) is -4.11. The van der Waals surface area contributed by atoms with Gasteiger partial charge < -0.3 is 0 Å². The van der Waals surface area contributed by atoms with E-state index < -0.39 is 15.9 Å². The van der Waals surface area contributed by atoms with E-state index in [1.807, 2.05) is 30.3 Å². The lowest BCUT2D eigenvalue weighted by Gasteiger charge is -2.09. The SMILES string of the molecule is CCCCc1nn(-c2ccccc2Cl)c(=O)n1Cc1ccc(-c2sccc2S(=O)(=O)NC(=O)c2ccccc2)cc1. The number of thiophene rings is 1. The van der Waals surface area contributed by atoms with Gasteiger partial charge in [-0.3, -0.25) is 9.36 Å². The largest absolute Gasteiger partial charge is 0.351 e. The number of hydrogen-bond donors (Lipinski definition) is 1. The van der Waals surface area contributed by atoms with Gasteiger partial charge >= 0.3 is 5.69 Å². The zero-order valence-electron chi connectivity index (χ0n) is 22.2. The minimum Gasteiger partial charge on any atom is -0.274 e. The minimum atomic E-state index is -4.11. The molecule has 2 heterocycles. The predicted octanol–water partition coefficient (Wildman–Crippen LogP) is 5.93. The first-order chi connectivity index (χ1) is 19.8. The summed E-state index contributed by atoms with van der Waals surface area (Å²) >= 11 is 7.62. The number of nitrogens with zero attached hydrogens (tertiary/aromatic N) is 3. The van der Waals surface area contributed by atoms with Crippen LogP contribution in [-0.2, 0) is 23.0 Å². The summed E-state index contributed by atoms with van der Waals surface area (Å²) in [5.41, 5.74) is 2.03. The molecular formula is C30H27ClN4O4S2. The van der Waals surface area contributed by atoms with Crippen LogP contribution in [-0.4, -0.2) is 28.7 Å². The highest BCUT2D eigenvalue weighted by molar-refractivity contribution is 7.90. The van der Waals surface area contributed by atoms with Crippen molar-refractivity contribution >= 4 is 38.9 Å². The van der Waals surface area contributed by atoms with Crippen LogP contribution >= 0.6 is 22.9 Å². The van der Waals surface area contributed by atoms with E-state index in [1.165, 1.54) is 22.1 Å². The molecule has 41 heavy (non-hydrogen) atoms. The third-order valence-electron chi connectivity index (χ3n) is 6.51. The fourth-order valence-corrected chi connectivity index (χ4v) is 7.04. The van der Waals surface area contributed by atoms with E-state index in [9.17, 15) is 18.0 Å². The lowest BCUT2D eigenvalue weighted by molar-refractivity contribution is 0.0981. The number of benzene rings is 3. The van der Waals surface area contributed by atoms with Crippen LogP contribution in [0, 0.1) is 0 Å². The smallest absolute Gasteiger partial charge is 0.274 e. The fourth-order valence-electron chi connectivity index (χ4n) is 4.39. The number of halogens is 1. The summed E-state index contributed by atoms with van der Waals surface area (Å²) in [4.78, 5) is 26.5. The molecule has 2 aromatic heterocycles. The lowest BCUT2D eigenvalue weighted by Crippen LogP contribution is -2.30. The number of unbranched alkanes of at least 4 members (excludes halogenated alkanes) is 1. The van der Waals surface area contributed by atoms with Crippen molar-refractivity contribution in [2.45, 2.75) is 37.6 Å². The Kier molecular flexibility index (Phi) is 8.53. The van der Waals surface area contributed by atoms with Crippen LogP contribution in [0.1, 0.15) is 41.5 Å². The Labute approximate surface area is 246 Å². The number of nitrogens with one attached hydrogen (secondary N) is 1. The first-order valence-electron chi connectivity index (χ1n) is 13.0. The molecule has 0 bridgehead atoms. The number of hydrogen-bond acceptors (Lipinski definition) is 6. The van der Waals surface area contributed by atoms with Crippen molar-refractivity contribution in [3.05, 3.63) is 123 Å². The maximum absolute atomic E-state index is 13.4. The Morgan fingerprint density at radius 2 is 1.68 bits per heavy atom. The first kappa shape index (κ1) is 28.5. The van der Waals surface area contributed by atoms with Crippen molar-refractivity contribution in [1.29, 1.82) is 0 Å². The molecule has 5 aromatic rings. The van der Waals surface area contributed by atoms with Crippen molar-refractivity contribution < 1.29 is 13.2 Å². The number of aryl methyl sites for hydroxylation is 1. The first-order valence-corrected chi connectivity index (χ1v) is 15.7. The van der Waals surface area contributed by atoms with Gasteiger partial charge in [-0.2, -0.15) is 4.68 Å². The fraction of sp³-hybridized carbons (Fsp3) is 0.167. The topological polar surface area (TPSA) is 103 Å². The van der Waals surface area contributed by atoms with E-state index in [1.54, 1.807) is 58.5 Å². The Bertz CT molecular complexity index is 1840. The molecule has 210 valence electrons. The second-order valence-corrected chi connectivity index (χ2v) is 12.3. The van der Waals surface area contributed by atoms with E-state index >= 15 is 0 Å². The monoisotopic (exact) mass is 606 g/mol. The molecular weight excluding hydrogens is 580 g/mol. The van der Waals surface area contributed by atoms with Crippen molar-refractivity contribution in [1.82, 2.24) is 19.1 Å². The summed E-state index contributed by atoms with van der Waals surface area (Å²) in [6.45, 7) is 2.38. The number of aromatic nitrogens is 3. The molecule has 0 aliphatic heterocycles. The quantitative estimate of drug-likeness (QED) is 0.212. The normalized spacial score (nSPS) is 11.5. The highest BCUT2D eigenvalue weighted by Crippen LogP contribution is 2.33. The van der Waals surface area contributed by atoms with Gasteiger partial charge in [-0.25, -0.2) is 17.9 Å². The molecule has 11 heteroatoms. The van der Waals surface area contributed by atoms with Crippen LogP contribution in [0.3, 0.4) is 0 Å². The van der Waals surface area contributed by atoms with Crippen molar-refractivity contribution in [3.63, 3.8) is 0 Å². The summed E-state index contributed by atoms with van der Waals surface area (Å²) < 4.78 is 31.4. The molecule has 0 aliphatic carbocycles. The number of amides is 1. The van der Waals surface area contributed by atoms with Gasteiger partial charge in [0.1, 0.15) is 10.7 Å². The molecule has 0 atom stereocenters. The van der Waals surface area contributed by atoms with Crippen LogP contribution in [0.4, 0.5) is 0 Å². The third-order valence-corrected chi connectivity index (χ3v) is 9.30. The Morgan fingerprint density at radius 1 is 0.976 bits per heavy atom. The van der Waals surface area contributed by atoms with Gasteiger partial charge in [0, 0.05) is 12.0 Å². The number of carbonyl (C=O) groups is 1. The van der Waals surface area contributed by atoms with E-state index in [0.717, 1.165) is 18.4 Å². The van der Waals surface area contributed by atoms with Crippen LogP contribution in [0.5, 0.6) is 0 Å². The van der Waals surface area contributed by atoms with E-state index in [4.69, 9.17) is 11.6 Å². The van der Waals surface area contributed by atoms with Crippen molar-refractivity contribution in [2.75, 3.05) is 0 Å². The Morgan fingerprint density at radius 3 is 2.39 bits per heavy atom. The predicted molar refractivity (Wildman–Crippen MR) is 161 cm³/mol. The highest BCUT2D eigenvalue weighted by Gasteiger charge is 2.24. The van der Waals surface area contributed by atoms with Gasteiger partial charge in [0.25, 0.3) is 15.9 Å². The Hall–Kier alpha value is -3.99. The summed E-state index contributed by atoms with van der Waals surface area (Å²) in [6.07, 6.45) is 2.49. The lowest BCUT2D eigenvalue weighted by atomic mass is 10.1. The molecule has 0 saturated heterocycles. The Balaban J connectivity index is 1.41. The van der Waals surface area contributed by atoms with E-state index in [2.05, 4.69) is 16.7 Å². The highest BCUT2D eigenvalue weighted by atomic mass is 35.5. The number of para-hydroxylation sites is 1. The second kappa shape index (κ2) is 12.3. The van der Waals surface area contributed by atoms with Gasteiger partial charge in [0.15, 0.2) is 0 Å². The number of sulfonamides is 1. The van der Waals surface area contributed by atoms with Gasteiger partial charge in [-0.15, -0.1) is 16.4 Å². The minimum absolute atomic E-state index is 0.0265. The molecule has 3 aromatic carbocycles. The van der Waals surface area contributed by atoms with Gasteiger partial charge in [0.05, 0.1) is 22.1 Å². The van der Waals surface area contributed by atoms with E-state index in [0.29, 0.717) is 39.9 Å². The molecule has 0 fully saturated rings. The standard InChI is InChI=1S/C30H27ClN4O4S2/c1-2-3-13-27-32-35(25-12-8-7-11-24(25)31)30(37)34(27)20-21-14-16-22(17-15-21)28-26(18-19-40-28)41(38,39)33-29(36)23-9-5-4-6-10-23/h4-12,14-19H,2-3,13,20H2,1H3,(H,33,36). The summed E-state index contributed by atoms with van der Waals surface area (Å²) in [5.74, 6) is -0.0265. The van der Waals surface area contributed by atoms with Crippen LogP contribution in [0.15, 0.2) is 100.0 Å². The average molecular weight is 607 g/mol. The van der Waals surface area contributed by atoms with Gasteiger partial charge in [-0.1, -0.05) is 79.5 Å². The van der Waals surface area contributed by atoms with E-state index in [-0.39, 0.29) is 16.1 Å². The zero-order valence-corrected chi connectivity index (χ0v) is 24.5. The van der Waals surface area contributed by atoms with Crippen LogP contribution < -0.4 is 10.4 Å². The molecule has 0 radical (unpaired) electrons. The molecule has 1 N–H and O–H groups in total. The van der Waals surface area contributed by atoms with Crippen molar-refractivity contribution in [2.24, 2.45) is 0 Å².